The van der Waals surface area contributed by atoms with Gasteiger partial charge >= 0.3 is 5.97 Å². The number of hydrogen-bond acceptors (Lipinski definition) is 2. The van der Waals surface area contributed by atoms with Gasteiger partial charge in [-0.3, -0.25) is 4.79 Å². The van der Waals surface area contributed by atoms with E-state index in [0.29, 0.717) is 5.92 Å². The zero-order chi connectivity index (χ0) is 13.1. The molecule has 4 fully saturated rings. The smallest absolute Gasteiger partial charge is 0.308 e. The van der Waals surface area contributed by atoms with Gasteiger partial charge in [0, 0.05) is 0 Å². The van der Waals surface area contributed by atoms with Crippen molar-refractivity contribution in [3.63, 3.8) is 0 Å². The molecule has 4 aliphatic rings. The second-order valence-electron chi connectivity index (χ2n) is 7.54. The third kappa shape index (κ3) is 1.46. The molecular weight excluding hydrogens is 236 g/mol. The van der Waals surface area contributed by atoms with Crippen LogP contribution in [0.1, 0.15) is 45.4 Å². The summed E-state index contributed by atoms with van der Waals surface area (Å²) >= 11 is 0. The molecule has 8 atom stereocenters. The molecule has 0 aliphatic heterocycles. The molecule has 0 N–H and O–H groups in total. The number of esters is 1. The Labute approximate surface area is 116 Å². The van der Waals surface area contributed by atoms with Crippen LogP contribution < -0.4 is 0 Å². The van der Waals surface area contributed by atoms with Gasteiger partial charge in [-0.25, -0.2) is 0 Å². The third-order valence-electron chi connectivity index (χ3n) is 7.18. The Morgan fingerprint density at radius 3 is 2.53 bits per heavy atom. The molecule has 2 heteroatoms. The van der Waals surface area contributed by atoms with Crippen LogP contribution in [-0.4, -0.2) is 13.1 Å². The largest absolute Gasteiger partial charge is 0.469 e. The Kier molecular flexibility index (Phi) is 2.72. The highest BCUT2D eigenvalue weighted by atomic mass is 16.5. The molecular formula is C17H26O2. The Balaban J connectivity index is 1.59. The monoisotopic (exact) mass is 262 g/mol. The summed E-state index contributed by atoms with van der Waals surface area (Å²) in [5, 5.41) is 0. The first-order chi connectivity index (χ1) is 9.26. The minimum atomic E-state index is 0.0840. The van der Waals surface area contributed by atoms with E-state index in [1.54, 1.807) is 7.11 Å². The minimum Gasteiger partial charge on any atom is -0.469 e. The Morgan fingerprint density at radius 2 is 1.84 bits per heavy atom. The first kappa shape index (κ1) is 12.2. The average molecular weight is 262 g/mol. The van der Waals surface area contributed by atoms with Crippen molar-refractivity contribution in [2.45, 2.75) is 45.4 Å². The van der Waals surface area contributed by atoms with Gasteiger partial charge in [-0.05, 0) is 67.1 Å². The number of hydrogen-bond donors (Lipinski definition) is 0. The lowest BCUT2D eigenvalue weighted by molar-refractivity contribution is -0.149. The van der Waals surface area contributed by atoms with E-state index in [-0.39, 0.29) is 11.9 Å². The van der Waals surface area contributed by atoms with Crippen LogP contribution in [0.2, 0.25) is 0 Å². The van der Waals surface area contributed by atoms with Crippen LogP contribution >= 0.6 is 0 Å². The number of methoxy groups -OCH3 is 1. The lowest BCUT2D eigenvalue weighted by atomic mass is 9.67. The van der Waals surface area contributed by atoms with Crippen LogP contribution in [0.4, 0.5) is 0 Å². The minimum absolute atomic E-state index is 0.0840. The second-order valence-corrected chi connectivity index (χ2v) is 7.54. The normalized spacial score (nSPS) is 53.6. The van der Waals surface area contributed by atoms with Gasteiger partial charge in [0.25, 0.3) is 0 Å². The summed E-state index contributed by atoms with van der Waals surface area (Å²) < 4.78 is 5.05. The SMILES string of the molecule is CCCC1C2CCC1C1C3CC(CC3C(=O)OC)C21. The molecule has 19 heavy (non-hydrogen) atoms. The van der Waals surface area contributed by atoms with E-state index in [0.717, 1.165) is 41.9 Å². The Hall–Kier alpha value is -0.530. The summed E-state index contributed by atoms with van der Waals surface area (Å²) in [6, 6.07) is 0. The van der Waals surface area contributed by atoms with Crippen LogP contribution in [0.3, 0.4) is 0 Å². The van der Waals surface area contributed by atoms with Gasteiger partial charge < -0.3 is 4.74 Å². The quantitative estimate of drug-likeness (QED) is 0.575. The highest BCUT2D eigenvalue weighted by Crippen LogP contribution is 2.71. The second kappa shape index (κ2) is 4.23. The number of ether oxygens (including phenoxy) is 1. The lowest BCUT2D eigenvalue weighted by Crippen LogP contribution is -2.36. The van der Waals surface area contributed by atoms with Crippen LogP contribution in [0.15, 0.2) is 0 Å². The maximum Gasteiger partial charge on any atom is 0.308 e. The molecule has 106 valence electrons. The van der Waals surface area contributed by atoms with E-state index in [9.17, 15) is 4.79 Å². The Morgan fingerprint density at radius 1 is 1.11 bits per heavy atom. The maximum atomic E-state index is 12.0. The van der Waals surface area contributed by atoms with Gasteiger partial charge in [0.05, 0.1) is 13.0 Å². The van der Waals surface area contributed by atoms with Crippen LogP contribution in [-0.2, 0) is 9.53 Å². The molecule has 0 spiro atoms. The fourth-order valence-electron chi connectivity index (χ4n) is 6.96. The highest BCUT2D eigenvalue weighted by Gasteiger charge is 2.66. The fraction of sp³-hybridized carbons (Fsp3) is 0.941. The molecule has 4 bridgehead atoms. The van der Waals surface area contributed by atoms with Gasteiger partial charge in [-0.15, -0.1) is 0 Å². The van der Waals surface area contributed by atoms with Gasteiger partial charge in [0.1, 0.15) is 0 Å². The summed E-state index contributed by atoms with van der Waals surface area (Å²) in [4.78, 5) is 12.0. The molecule has 0 heterocycles. The van der Waals surface area contributed by atoms with E-state index in [2.05, 4.69) is 6.92 Å². The van der Waals surface area contributed by atoms with Crippen LogP contribution in [0, 0.1) is 47.3 Å². The van der Waals surface area contributed by atoms with Gasteiger partial charge in [0.2, 0.25) is 0 Å². The molecule has 0 aromatic carbocycles. The summed E-state index contributed by atoms with van der Waals surface area (Å²) in [7, 11) is 1.56. The number of fused-ring (bicyclic) bond motifs is 9. The summed E-state index contributed by atoms with van der Waals surface area (Å²) in [5.74, 6) is 6.71. The number of carbonyl (C=O) groups is 1. The molecule has 0 amide bonds. The predicted octanol–water partition coefficient (Wildman–Crippen LogP) is 3.50. The predicted molar refractivity (Wildman–Crippen MR) is 73.3 cm³/mol. The first-order valence-corrected chi connectivity index (χ1v) is 8.34. The standard InChI is InChI=1S/C17H26O2/c1-3-4-10-11-5-6-12(10)16-13-7-9(15(11)16)8-14(13)17(18)19-2/h9-16H,3-8H2,1-2H3. The van der Waals surface area contributed by atoms with E-state index in [1.165, 1.54) is 32.1 Å². The van der Waals surface area contributed by atoms with E-state index < -0.39 is 0 Å². The highest BCUT2D eigenvalue weighted by molar-refractivity contribution is 5.73. The van der Waals surface area contributed by atoms with E-state index in [4.69, 9.17) is 4.74 Å². The number of rotatable bonds is 3. The van der Waals surface area contributed by atoms with Crippen LogP contribution in [0.25, 0.3) is 0 Å². The van der Waals surface area contributed by atoms with Gasteiger partial charge in [-0.2, -0.15) is 0 Å². The van der Waals surface area contributed by atoms with Crippen molar-refractivity contribution in [1.82, 2.24) is 0 Å². The molecule has 4 aliphatic carbocycles. The molecule has 0 radical (unpaired) electrons. The molecule has 0 aromatic heterocycles. The summed E-state index contributed by atoms with van der Waals surface area (Å²) in [5.41, 5.74) is 0. The lowest BCUT2D eigenvalue weighted by Gasteiger charge is -2.37. The molecule has 0 saturated heterocycles. The van der Waals surface area contributed by atoms with Crippen molar-refractivity contribution in [2.75, 3.05) is 7.11 Å². The summed E-state index contributed by atoms with van der Waals surface area (Å²) in [6.07, 6.45) is 8.19. The number of carbonyl (C=O) groups excluding carboxylic acids is 1. The van der Waals surface area contributed by atoms with E-state index >= 15 is 0 Å². The van der Waals surface area contributed by atoms with Crippen molar-refractivity contribution in [3.05, 3.63) is 0 Å². The molecule has 8 unspecified atom stereocenters. The van der Waals surface area contributed by atoms with Crippen molar-refractivity contribution in [1.29, 1.82) is 0 Å². The van der Waals surface area contributed by atoms with Crippen molar-refractivity contribution in [2.24, 2.45) is 47.3 Å². The first-order valence-electron chi connectivity index (χ1n) is 8.34. The summed E-state index contributed by atoms with van der Waals surface area (Å²) in [6.45, 7) is 2.33. The van der Waals surface area contributed by atoms with Crippen molar-refractivity contribution in [3.8, 4) is 0 Å². The van der Waals surface area contributed by atoms with E-state index in [1.807, 2.05) is 0 Å². The molecule has 0 aromatic rings. The maximum absolute atomic E-state index is 12.0. The fourth-order valence-corrected chi connectivity index (χ4v) is 6.96. The zero-order valence-electron chi connectivity index (χ0n) is 12.2. The molecule has 4 rings (SSSR count). The average Bonchev–Trinajstić information content (AvgIpc) is 3.15. The Bertz CT molecular complexity index is 391. The molecule has 4 saturated carbocycles. The topological polar surface area (TPSA) is 26.3 Å². The zero-order valence-corrected chi connectivity index (χ0v) is 12.2. The van der Waals surface area contributed by atoms with Crippen molar-refractivity contribution < 1.29 is 9.53 Å². The molecule has 2 nitrogen and oxygen atoms in total. The van der Waals surface area contributed by atoms with Crippen molar-refractivity contribution >= 4 is 5.97 Å². The van der Waals surface area contributed by atoms with Gasteiger partial charge in [-0.1, -0.05) is 19.8 Å². The van der Waals surface area contributed by atoms with Crippen LogP contribution in [0.5, 0.6) is 0 Å². The third-order valence-corrected chi connectivity index (χ3v) is 7.18. The van der Waals surface area contributed by atoms with Gasteiger partial charge in [0.15, 0.2) is 0 Å².